The van der Waals surface area contributed by atoms with E-state index in [4.69, 9.17) is 0 Å². The van der Waals surface area contributed by atoms with E-state index in [2.05, 4.69) is 48.0 Å². The first-order valence-electron chi connectivity index (χ1n) is 13.1. The number of aryl methyl sites for hydroxylation is 2. The molecule has 1 atom stereocenters. The molecule has 0 aliphatic carbocycles. The molecule has 2 saturated heterocycles. The summed E-state index contributed by atoms with van der Waals surface area (Å²) in [5.41, 5.74) is 5.60. The Hall–Kier alpha value is -3.08. The van der Waals surface area contributed by atoms with Gasteiger partial charge in [-0.15, -0.1) is 0 Å². The van der Waals surface area contributed by atoms with Gasteiger partial charge in [0.2, 0.25) is 0 Å². The average Bonchev–Trinajstić information content (AvgIpc) is 2.89. The molecule has 4 rings (SSSR count). The summed E-state index contributed by atoms with van der Waals surface area (Å²) in [7, 11) is 0. The van der Waals surface area contributed by atoms with Crippen molar-refractivity contribution in [2.45, 2.75) is 58.7 Å². The molecule has 0 spiro atoms. The highest BCUT2D eigenvalue weighted by atomic mass is 16.3. The number of carbonyl (C=O) groups excluding carboxylic acids is 1. The minimum absolute atomic E-state index is 0.0256. The van der Waals surface area contributed by atoms with Gasteiger partial charge < -0.3 is 20.2 Å². The van der Waals surface area contributed by atoms with E-state index in [-0.39, 0.29) is 18.6 Å². The third kappa shape index (κ3) is 5.50. The van der Waals surface area contributed by atoms with Crippen molar-refractivity contribution in [2.24, 2.45) is 0 Å². The summed E-state index contributed by atoms with van der Waals surface area (Å²) in [6.07, 6.45) is 1.93. The molecular weight excluding hydrogens is 450 g/mol. The standard InChI is InChI=1S/C29H39N5O2/c1-20(2)34-14-13-33(18-25(34)19-35)29(36)26-16-27(22(4)15-21(26)3)31-24-9-11-32(12-10-24)28-8-6-5-7-23(28)17-30/h5-8,15-16,20,24-25,31,35H,9-14,18-19H2,1-4H3/t25-/m1/s1. The number of aliphatic hydroxyl groups excluding tert-OH is 1. The maximum atomic E-state index is 13.5. The van der Waals surface area contributed by atoms with Gasteiger partial charge in [-0.1, -0.05) is 18.2 Å². The minimum atomic E-state index is -0.0256. The van der Waals surface area contributed by atoms with Crippen molar-refractivity contribution in [3.63, 3.8) is 0 Å². The molecule has 0 saturated carbocycles. The van der Waals surface area contributed by atoms with E-state index in [1.54, 1.807) is 0 Å². The number of hydrogen-bond acceptors (Lipinski definition) is 6. The maximum Gasteiger partial charge on any atom is 0.254 e. The molecule has 192 valence electrons. The van der Waals surface area contributed by atoms with Gasteiger partial charge in [0, 0.05) is 56.1 Å². The van der Waals surface area contributed by atoms with Crippen LogP contribution in [0.5, 0.6) is 0 Å². The van der Waals surface area contributed by atoms with Gasteiger partial charge in [0.25, 0.3) is 5.91 Å². The minimum Gasteiger partial charge on any atom is -0.395 e. The number of aliphatic hydroxyl groups is 1. The van der Waals surface area contributed by atoms with Gasteiger partial charge in [-0.25, -0.2) is 0 Å². The van der Waals surface area contributed by atoms with Gasteiger partial charge in [-0.05, 0) is 69.9 Å². The number of benzene rings is 2. The molecule has 2 aromatic carbocycles. The van der Waals surface area contributed by atoms with E-state index in [0.29, 0.717) is 25.2 Å². The Morgan fingerprint density at radius 2 is 1.83 bits per heavy atom. The average molecular weight is 490 g/mol. The molecule has 7 nitrogen and oxygen atoms in total. The maximum absolute atomic E-state index is 13.5. The highest BCUT2D eigenvalue weighted by molar-refractivity contribution is 5.97. The van der Waals surface area contributed by atoms with Gasteiger partial charge >= 0.3 is 0 Å². The SMILES string of the molecule is Cc1cc(C)c(C(=O)N2CCN(C(C)C)[C@@H](CO)C2)cc1NC1CCN(c2ccccc2C#N)CC1. The summed E-state index contributed by atoms with van der Waals surface area (Å²) < 4.78 is 0. The quantitative estimate of drug-likeness (QED) is 0.643. The third-order valence-corrected chi connectivity index (χ3v) is 7.71. The van der Waals surface area contributed by atoms with E-state index in [9.17, 15) is 15.2 Å². The highest BCUT2D eigenvalue weighted by Gasteiger charge is 2.31. The van der Waals surface area contributed by atoms with Crippen LogP contribution in [0.25, 0.3) is 0 Å². The Balaban J connectivity index is 1.43. The molecule has 36 heavy (non-hydrogen) atoms. The largest absolute Gasteiger partial charge is 0.395 e. The number of carbonyl (C=O) groups is 1. The molecule has 0 unspecified atom stereocenters. The molecule has 0 bridgehead atoms. The second-order valence-corrected chi connectivity index (χ2v) is 10.4. The number of piperazine rings is 1. The fourth-order valence-electron chi connectivity index (χ4n) is 5.63. The Morgan fingerprint density at radius 3 is 2.50 bits per heavy atom. The summed E-state index contributed by atoms with van der Waals surface area (Å²) in [5.74, 6) is 0.0420. The van der Waals surface area contributed by atoms with Crippen molar-refractivity contribution in [1.82, 2.24) is 9.80 Å². The Labute approximate surface area is 215 Å². The summed E-state index contributed by atoms with van der Waals surface area (Å²) in [6.45, 7) is 12.2. The van der Waals surface area contributed by atoms with E-state index >= 15 is 0 Å². The van der Waals surface area contributed by atoms with Crippen molar-refractivity contribution in [2.75, 3.05) is 49.5 Å². The lowest BCUT2D eigenvalue weighted by atomic mass is 9.99. The number of nitrogens with zero attached hydrogens (tertiary/aromatic N) is 4. The van der Waals surface area contributed by atoms with Crippen molar-refractivity contribution in [3.8, 4) is 6.07 Å². The second-order valence-electron chi connectivity index (χ2n) is 10.4. The first-order valence-corrected chi connectivity index (χ1v) is 13.1. The highest BCUT2D eigenvalue weighted by Crippen LogP contribution is 2.28. The van der Waals surface area contributed by atoms with Crippen molar-refractivity contribution in [1.29, 1.82) is 5.26 Å². The topological polar surface area (TPSA) is 82.8 Å². The lowest BCUT2D eigenvalue weighted by Gasteiger charge is -2.43. The van der Waals surface area contributed by atoms with Crippen LogP contribution in [-0.2, 0) is 0 Å². The van der Waals surface area contributed by atoms with E-state index in [1.807, 2.05) is 42.2 Å². The molecule has 0 aromatic heterocycles. The van der Waals surface area contributed by atoms with Gasteiger partial charge in [0.15, 0.2) is 0 Å². The summed E-state index contributed by atoms with van der Waals surface area (Å²) in [5, 5.41) is 23.1. The number of nitriles is 1. The summed E-state index contributed by atoms with van der Waals surface area (Å²) in [4.78, 5) is 20.0. The lowest BCUT2D eigenvalue weighted by Crippen LogP contribution is -2.58. The first kappa shape index (κ1) is 26.0. The predicted octanol–water partition coefficient (Wildman–Crippen LogP) is 3.78. The molecule has 2 aromatic rings. The molecule has 2 N–H and O–H groups in total. The van der Waals surface area contributed by atoms with Crippen LogP contribution in [0.1, 0.15) is 53.7 Å². The van der Waals surface area contributed by atoms with Crippen molar-refractivity contribution >= 4 is 17.3 Å². The van der Waals surface area contributed by atoms with Crippen LogP contribution in [0.15, 0.2) is 36.4 Å². The number of piperidine rings is 1. The molecule has 2 aliphatic rings. The van der Waals surface area contributed by atoms with E-state index in [0.717, 1.165) is 66.1 Å². The van der Waals surface area contributed by atoms with Crippen molar-refractivity contribution in [3.05, 3.63) is 58.7 Å². The Morgan fingerprint density at radius 1 is 1.11 bits per heavy atom. The molecule has 0 radical (unpaired) electrons. The van der Waals surface area contributed by atoms with Crippen LogP contribution in [0.2, 0.25) is 0 Å². The number of nitrogens with one attached hydrogen (secondary N) is 1. The van der Waals surface area contributed by atoms with E-state index < -0.39 is 0 Å². The summed E-state index contributed by atoms with van der Waals surface area (Å²) in [6, 6.07) is 14.8. The monoisotopic (exact) mass is 489 g/mol. The third-order valence-electron chi connectivity index (χ3n) is 7.71. The number of para-hydroxylation sites is 1. The zero-order valence-electron chi connectivity index (χ0n) is 22.0. The molecular formula is C29H39N5O2. The zero-order chi connectivity index (χ0) is 25.8. The van der Waals surface area contributed by atoms with Crippen LogP contribution in [-0.4, -0.2) is 78.3 Å². The second kappa shape index (κ2) is 11.3. The first-order chi connectivity index (χ1) is 17.3. The smallest absolute Gasteiger partial charge is 0.254 e. The van der Waals surface area contributed by atoms with Crippen LogP contribution < -0.4 is 10.2 Å². The number of anilines is 2. The fraction of sp³-hybridized carbons (Fsp3) is 0.517. The fourth-order valence-corrected chi connectivity index (χ4v) is 5.63. The van der Waals surface area contributed by atoms with Crippen LogP contribution in [0.3, 0.4) is 0 Å². The van der Waals surface area contributed by atoms with Crippen LogP contribution >= 0.6 is 0 Å². The zero-order valence-corrected chi connectivity index (χ0v) is 22.0. The molecule has 7 heteroatoms. The van der Waals surface area contributed by atoms with Gasteiger partial charge in [0.05, 0.1) is 23.9 Å². The molecule has 2 heterocycles. The van der Waals surface area contributed by atoms with Gasteiger partial charge in [-0.2, -0.15) is 5.26 Å². The summed E-state index contributed by atoms with van der Waals surface area (Å²) >= 11 is 0. The van der Waals surface area contributed by atoms with Gasteiger partial charge in [0.1, 0.15) is 6.07 Å². The Kier molecular flexibility index (Phi) is 8.17. The normalized spacial score (nSPS) is 19.4. The predicted molar refractivity (Wildman–Crippen MR) is 145 cm³/mol. The molecule has 2 fully saturated rings. The molecule has 1 amide bonds. The van der Waals surface area contributed by atoms with Crippen molar-refractivity contribution < 1.29 is 9.90 Å². The number of hydrogen-bond donors (Lipinski definition) is 2. The van der Waals surface area contributed by atoms with Crippen LogP contribution in [0.4, 0.5) is 11.4 Å². The number of amides is 1. The molecule has 2 aliphatic heterocycles. The Bertz CT molecular complexity index is 1120. The van der Waals surface area contributed by atoms with Gasteiger partial charge in [-0.3, -0.25) is 9.69 Å². The van der Waals surface area contributed by atoms with Crippen LogP contribution in [0, 0.1) is 25.2 Å². The number of rotatable bonds is 6. The lowest BCUT2D eigenvalue weighted by molar-refractivity contribution is 0.0193. The van der Waals surface area contributed by atoms with E-state index in [1.165, 1.54) is 0 Å².